The third-order valence-corrected chi connectivity index (χ3v) is 5.18. The van der Waals surface area contributed by atoms with Crippen LogP contribution in [0.3, 0.4) is 0 Å². The lowest BCUT2D eigenvalue weighted by Gasteiger charge is -2.16. The van der Waals surface area contributed by atoms with E-state index in [1.165, 1.54) is 0 Å². The molecular formula is C20H20Cl2O3. The van der Waals surface area contributed by atoms with Crippen LogP contribution in [0.1, 0.15) is 17.5 Å². The summed E-state index contributed by atoms with van der Waals surface area (Å²) in [4.78, 5) is 0. The highest BCUT2D eigenvalue weighted by molar-refractivity contribution is 6.52. The van der Waals surface area contributed by atoms with Crippen molar-refractivity contribution in [2.45, 2.75) is 23.0 Å². The lowest BCUT2D eigenvalue weighted by atomic mass is 10.1. The molecule has 1 atom stereocenters. The fraction of sp³-hybridized carbons (Fsp3) is 0.300. The van der Waals surface area contributed by atoms with Crippen LogP contribution >= 0.6 is 23.2 Å². The van der Waals surface area contributed by atoms with Crippen molar-refractivity contribution in [3.8, 4) is 11.5 Å². The Kier molecular flexibility index (Phi) is 5.28. The molecule has 0 aromatic heterocycles. The summed E-state index contributed by atoms with van der Waals surface area (Å²) in [6.45, 7) is 0.408. The summed E-state index contributed by atoms with van der Waals surface area (Å²) in [5.74, 6) is 1.61. The van der Waals surface area contributed by atoms with Crippen LogP contribution in [0.2, 0.25) is 0 Å². The molecule has 1 saturated carbocycles. The maximum Gasteiger partial charge on any atom is 0.153 e. The maximum atomic E-state index is 6.35. The highest BCUT2D eigenvalue weighted by Gasteiger charge is 2.66. The second kappa shape index (κ2) is 7.28. The molecule has 1 unspecified atom stereocenters. The van der Waals surface area contributed by atoms with Gasteiger partial charge in [-0.25, -0.2) is 0 Å². The molecule has 0 amide bonds. The number of hydrogen-bond donors (Lipinski definition) is 0. The average Bonchev–Trinajstić information content (AvgIpc) is 3.20. The molecule has 0 radical (unpaired) electrons. The molecule has 25 heavy (non-hydrogen) atoms. The van der Waals surface area contributed by atoms with Crippen molar-refractivity contribution in [2.24, 2.45) is 0 Å². The minimum atomic E-state index is -0.908. The zero-order valence-corrected chi connectivity index (χ0v) is 15.7. The predicted octanol–water partition coefficient (Wildman–Crippen LogP) is 5.25. The van der Waals surface area contributed by atoms with Gasteiger partial charge >= 0.3 is 0 Å². The molecule has 0 N–H and O–H groups in total. The van der Waals surface area contributed by atoms with E-state index in [0.717, 1.165) is 22.6 Å². The molecular weight excluding hydrogens is 359 g/mol. The van der Waals surface area contributed by atoms with Crippen molar-refractivity contribution in [1.82, 2.24) is 0 Å². The minimum Gasteiger partial charge on any atom is -0.497 e. The van der Waals surface area contributed by atoms with E-state index in [2.05, 4.69) is 0 Å². The summed E-state index contributed by atoms with van der Waals surface area (Å²) in [7, 11) is 3.29. The Bertz CT molecular complexity index is 756. The van der Waals surface area contributed by atoms with Gasteiger partial charge in [0.05, 0.1) is 20.8 Å². The first-order valence-corrected chi connectivity index (χ1v) is 8.72. The fourth-order valence-electron chi connectivity index (χ4n) is 2.59. The van der Waals surface area contributed by atoms with E-state index in [-0.39, 0.29) is 0 Å². The highest BCUT2D eigenvalue weighted by atomic mass is 35.5. The van der Waals surface area contributed by atoms with Gasteiger partial charge in [-0.3, -0.25) is 0 Å². The Morgan fingerprint density at radius 3 is 2.28 bits per heavy atom. The quantitative estimate of drug-likeness (QED) is 0.615. The highest BCUT2D eigenvalue weighted by Crippen LogP contribution is 2.60. The van der Waals surface area contributed by atoms with Crippen molar-refractivity contribution >= 4 is 29.3 Å². The van der Waals surface area contributed by atoms with E-state index >= 15 is 0 Å². The van der Waals surface area contributed by atoms with E-state index in [1.54, 1.807) is 14.2 Å². The third kappa shape index (κ3) is 4.12. The molecule has 0 aliphatic heterocycles. The van der Waals surface area contributed by atoms with Gasteiger partial charge in [0.1, 0.15) is 17.1 Å². The minimum absolute atomic E-state index is 0.408. The SMILES string of the molecule is COc1ccc(/C=C/C2(OCc3cccc(OC)c3)CC2(Cl)Cl)cc1. The van der Waals surface area contributed by atoms with E-state index in [9.17, 15) is 0 Å². The van der Waals surface area contributed by atoms with Crippen molar-refractivity contribution < 1.29 is 14.2 Å². The Labute approximate surface area is 158 Å². The van der Waals surface area contributed by atoms with Gasteiger partial charge < -0.3 is 14.2 Å². The Morgan fingerprint density at radius 2 is 1.68 bits per heavy atom. The van der Waals surface area contributed by atoms with Gasteiger partial charge in [0.2, 0.25) is 0 Å². The maximum absolute atomic E-state index is 6.35. The van der Waals surface area contributed by atoms with Gasteiger partial charge in [0, 0.05) is 6.42 Å². The fourth-order valence-corrected chi connectivity index (χ4v) is 3.22. The lowest BCUT2D eigenvalue weighted by Crippen LogP contribution is -2.18. The van der Waals surface area contributed by atoms with Crippen molar-refractivity contribution in [2.75, 3.05) is 14.2 Å². The zero-order valence-electron chi connectivity index (χ0n) is 14.2. The average molecular weight is 379 g/mol. The zero-order chi connectivity index (χ0) is 17.9. The summed E-state index contributed by atoms with van der Waals surface area (Å²) in [5.41, 5.74) is 1.35. The van der Waals surface area contributed by atoms with Crippen LogP contribution in [0.4, 0.5) is 0 Å². The molecule has 1 fully saturated rings. The Balaban J connectivity index is 1.70. The Hall–Kier alpha value is -1.68. The molecule has 2 aromatic rings. The number of rotatable bonds is 7. The summed E-state index contributed by atoms with van der Waals surface area (Å²) >= 11 is 12.7. The van der Waals surface area contributed by atoms with E-state index in [0.29, 0.717) is 13.0 Å². The molecule has 1 aliphatic rings. The van der Waals surface area contributed by atoms with Crippen LogP contribution in [-0.4, -0.2) is 24.2 Å². The topological polar surface area (TPSA) is 27.7 Å². The third-order valence-electron chi connectivity index (χ3n) is 4.27. The first-order valence-electron chi connectivity index (χ1n) is 7.96. The molecule has 0 spiro atoms. The van der Waals surface area contributed by atoms with Crippen LogP contribution in [0.5, 0.6) is 11.5 Å². The van der Waals surface area contributed by atoms with Gasteiger partial charge in [-0.15, -0.1) is 0 Å². The van der Waals surface area contributed by atoms with Crippen molar-refractivity contribution in [3.05, 3.63) is 65.7 Å². The number of methoxy groups -OCH3 is 2. The molecule has 0 bridgehead atoms. The van der Waals surface area contributed by atoms with Crippen LogP contribution in [0.15, 0.2) is 54.6 Å². The summed E-state index contributed by atoms with van der Waals surface area (Å²) in [5, 5.41) is 0. The van der Waals surface area contributed by atoms with Gasteiger partial charge in [-0.05, 0) is 41.5 Å². The van der Waals surface area contributed by atoms with Gasteiger partial charge in [0.15, 0.2) is 4.33 Å². The molecule has 132 valence electrons. The van der Waals surface area contributed by atoms with Crippen LogP contribution in [0, 0.1) is 0 Å². The monoisotopic (exact) mass is 378 g/mol. The molecule has 3 rings (SSSR count). The molecule has 0 heterocycles. The standard InChI is InChI=1S/C20H20Cl2O3/c1-23-17-8-6-15(7-9-17)10-11-19(14-20(19,21)22)25-13-16-4-3-5-18(12-16)24-2/h3-12H,13-14H2,1-2H3/b11-10+. The molecule has 1 aliphatic carbocycles. The number of ether oxygens (including phenoxy) is 3. The first-order chi connectivity index (χ1) is 12.0. The van der Waals surface area contributed by atoms with Gasteiger partial charge in [0.25, 0.3) is 0 Å². The van der Waals surface area contributed by atoms with E-state index in [4.69, 9.17) is 37.4 Å². The number of halogens is 2. The molecule has 5 heteroatoms. The van der Waals surface area contributed by atoms with Crippen LogP contribution in [-0.2, 0) is 11.3 Å². The smallest absolute Gasteiger partial charge is 0.153 e. The summed E-state index contributed by atoms with van der Waals surface area (Å²) in [6.07, 6.45) is 4.46. The molecule has 0 saturated heterocycles. The van der Waals surface area contributed by atoms with Crippen molar-refractivity contribution in [3.63, 3.8) is 0 Å². The van der Waals surface area contributed by atoms with Crippen LogP contribution < -0.4 is 9.47 Å². The van der Waals surface area contributed by atoms with E-state index in [1.807, 2.05) is 60.7 Å². The molecule has 2 aromatic carbocycles. The lowest BCUT2D eigenvalue weighted by molar-refractivity contribution is 0.0521. The number of hydrogen-bond acceptors (Lipinski definition) is 3. The number of benzene rings is 2. The van der Waals surface area contributed by atoms with Crippen molar-refractivity contribution in [1.29, 1.82) is 0 Å². The van der Waals surface area contributed by atoms with E-state index < -0.39 is 9.93 Å². The number of alkyl halides is 2. The summed E-state index contributed by atoms with van der Waals surface area (Å²) < 4.78 is 15.6. The largest absolute Gasteiger partial charge is 0.497 e. The van der Waals surface area contributed by atoms with Gasteiger partial charge in [-0.2, -0.15) is 0 Å². The van der Waals surface area contributed by atoms with Gasteiger partial charge in [-0.1, -0.05) is 53.5 Å². The van der Waals surface area contributed by atoms with Crippen LogP contribution in [0.25, 0.3) is 6.08 Å². The summed E-state index contributed by atoms with van der Waals surface area (Å²) in [6, 6.07) is 15.5. The second-order valence-corrected chi connectivity index (χ2v) is 7.50. The Morgan fingerprint density at radius 1 is 1.00 bits per heavy atom. The normalized spacial score (nSPS) is 21.3. The predicted molar refractivity (Wildman–Crippen MR) is 102 cm³/mol. The second-order valence-electron chi connectivity index (χ2n) is 6.02. The first kappa shape index (κ1) is 18.1. The molecule has 3 nitrogen and oxygen atoms in total.